The maximum atomic E-state index is 10.4. The Morgan fingerprint density at radius 1 is 1.39 bits per heavy atom. The van der Waals surface area contributed by atoms with Crippen molar-refractivity contribution in [3.63, 3.8) is 0 Å². The Bertz CT molecular complexity index is 409. The molecule has 1 aliphatic carbocycles. The fraction of sp³-hybridized carbons (Fsp3) is 0.636. The van der Waals surface area contributed by atoms with E-state index in [1.807, 2.05) is 0 Å². The molecule has 1 aromatic heterocycles. The molecule has 2 atom stereocenters. The lowest BCUT2D eigenvalue weighted by molar-refractivity contribution is -0.385. The zero-order valence-electron chi connectivity index (χ0n) is 9.95. The van der Waals surface area contributed by atoms with Gasteiger partial charge < -0.3 is 10.4 Å². The number of hydrogen-bond acceptors (Lipinski definition) is 6. The van der Waals surface area contributed by atoms with Crippen LogP contribution in [0.5, 0.6) is 0 Å². The molecule has 0 spiro atoms. The quantitative estimate of drug-likeness (QED) is 0.603. The van der Waals surface area contributed by atoms with E-state index in [4.69, 9.17) is 0 Å². The van der Waals surface area contributed by atoms with E-state index < -0.39 is 4.92 Å². The normalized spacial score (nSPS) is 22.9. The minimum atomic E-state index is -0.525. The summed E-state index contributed by atoms with van der Waals surface area (Å²) in [6.07, 6.45) is 5.66. The van der Waals surface area contributed by atoms with Crippen LogP contribution in [0.25, 0.3) is 0 Å². The molecule has 1 saturated carbocycles. The maximum Gasteiger partial charge on any atom is 0.305 e. The van der Waals surface area contributed by atoms with Crippen LogP contribution in [0.4, 0.5) is 11.6 Å². The second-order valence-corrected chi connectivity index (χ2v) is 4.54. The van der Waals surface area contributed by atoms with Crippen LogP contribution in [0.2, 0.25) is 0 Å². The van der Waals surface area contributed by atoms with Crippen molar-refractivity contribution < 1.29 is 10.0 Å². The molecule has 0 aromatic carbocycles. The van der Waals surface area contributed by atoms with Gasteiger partial charge in [0.05, 0.1) is 4.92 Å². The Morgan fingerprint density at radius 2 is 2.06 bits per heavy atom. The van der Waals surface area contributed by atoms with Crippen LogP contribution in [0.3, 0.4) is 0 Å². The molecule has 0 radical (unpaired) electrons. The van der Waals surface area contributed by atoms with Crippen LogP contribution in [0.15, 0.2) is 12.4 Å². The van der Waals surface area contributed by atoms with Gasteiger partial charge in [-0.3, -0.25) is 10.1 Å². The van der Waals surface area contributed by atoms with Gasteiger partial charge in [0.15, 0.2) is 0 Å². The molecule has 7 heteroatoms. The predicted octanol–water partition coefficient (Wildman–Crippen LogP) is 1.21. The Kier molecular flexibility index (Phi) is 4.03. The zero-order valence-corrected chi connectivity index (χ0v) is 9.95. The SMILES string of the molecule is O=[N+]([O-])c1cnc(NCC2CCCC2CO)nc1. The van der Waals surface area contributed by atoms with Gasteiger partial charge in [-0.05, 0) is 24.7 Å². The first-order valence-electron chi connectivity index (χ1n) is 6.02. The van der Waals surface area contributed by atoms with Crippen molar-refractivity contribution in [3.05, 3.63) is 22.5 Å². The molecule has 0 amide bonds. The lowest BCUT2D eigenvalue weighted by Gasteiger charge is -2.17. The number of aliphatic hydroxyl groups is 1. The number of anilines is 1. The Balaban J connectivity index is 1.88. The number of nitrogens with zero attached hydrogens (tertiary/aromatic N) is 3. The molecule has 1 heterocycles. The number of nitrogens with one attached hydrogen (secondary N) is 1. The van der Waals surface area contributed by atoms with Gasteiger partial charge in [0, 0.05) is 13.2 Å². The Labute approximate surface area is 104 Å². The second-order valence-electron chi connectivity index (χ2n) is 4.54. The van der Waals surface area contributed by atoms with E-state index in [1.165, 1.54) is 12.4 Å². The molecule has 1 aliphatic rings. The summed E-state index contributed by atoms with van der Waals surface area (Å²) in [6, 6.07) is 0. The highest BCUT2D eigenvalue weighted by molar-refractivity contribution is 5.30. The number of aromatic nitrogens is 2. The third-order valence-electron chi connectivity index (χ3n) is 3.42. The molecule has 2 N–H and O–H groups in total. The minimum absolute atomic E-state index is 0.116. The zero-order chi connectivity index (χ0) is 13.0. The van der Waals surface area contributed by atoms with Crippen LogP contribution < -0.4 is 5.32 Å². The van der Waals surface area contributed by atoms with Gasteiger partial charge in [-0.1, -0.05) is 6.42 Å². The third-order valence-corrected chi connectivity index (χ3v) is 3.42. The Hall–Kier alpha value is -1.76. The molecule has 1 aromatic rings. The van der Waals surface area contributed by atoms with Gasteiger partial charge in [0.25, 0.3) is 0 Å². The van der Waals surface area contributed by atoms with Gasteiger partial charge in [-0.15, -0.1) is 0 Å². The summed E-state index contributed by atoms with van der Waals surface area (Å²) in [6.45, 7) is 0.913. The first kappa shape index (κ1) is 12.7. The van der Waals surface area contributed by atoms with Crippen molar-refractivity contribution in [3.8, 4) is 0 Å². The fourth-order valence-electron chi connectivity index (χ4n) is 2.35. The summed E-state index contributed by atoms with van der Waals surface area (Å²) in [5.41, 5.74) is -0.116. The number of aliphatic hydroxyl groups excluding tert-OH is 1. The Morgan fingerprint density at radius 3 is 2.67 bits per heavy atom. The third kappa shape index (κ3) is 2.92. The lowest BCUT2D eigenvalue weighted by Crippen LogP contribution is -2.21. The van der Waals surface area contributed by atoms with E-state index in [9.17, 15) is 15.2 Å². The van der Waals surface area contributed by atoms with Gasteiger partial charge >= 0.3 is 5.69 Å². The molecule has 0 bridgehead atoms. The molecular formula is C11H16N4O3. The van der Waals surface area contributed by atoms with Crippen LogP contribution in [0, 0.1) is 22.0 Å². The van der Waals surface area contributed by atoms with Gasteiger partial charge in [-0.25, -0.2) is 9.97 Å². The average molecular weight is 252 g/mol. The molecule has 7 nitrogen and oxygen atoms in total. The van der Waals surface area contributed by atoms with Gasteiger partial charge in [-0.2, -0.15) is 0 Å². The summed E-state index contributed by atoms with van der Waals surface area (Å²) in [5, 5.41) is 22.7. The maximum absolute atomic E-state index is 10.4. The largest absolute Gasteiger partial charge is 0.396 e. The molecule has 2 unspecified atom stereocenters. The van der Waals surface area contributed by atoms with Crippen molar-refractivity contribution in [2.45, 2.75) is 19.3 Å². The van der Waals surface area contributed by atoms with Crippen molar-refractivity contribution in [2.24, 2.45) is 11.8 Å². The van der Waals surface area contributed by atoms with Crippen molar-refractivity contribution >= 4 is 11.6 Å². The molecule has 98 valence electrons. The van der Waals surface area contributed by atoms with Crippen LogP contribution in [-0.2, 0) is 0 Å². The van der Waals surface area contributed by atoms with Crippen molar-refractivity contribution in [1.82, 2.24) is 9.97 Å². The van der Waals surface area contributed by atoms with E-state index in [0.29, 0.717) is 24.3 Å². The van der Waals surface area contributed by atoms with E-state index in [0.717, 1.165) is 19.3 Å². The van der Waals surface area contributed by atoms with Crippen LogP contribution in [0.1, 0.15) is 19.3 Å². The molecule has 0 aliphatic heterocycles. The number of hydrogen-bond donors (Lipinski definition) is 2. The summed E-state index contributed by atoms with van der Waals surface area (Å²) in [7, 11) is 0. The van der Waals surface area contributed by atoms with E-state index in [1.54, 1.807) is 0 Å². The standard InChI is InChI=1S/C11H16N4O3/c16-7-9-3-1-2-8(9)4-12-11-13-5-10(6-14-11)15(17)18/h5-6,8-9,16H,1-4,7H2,(H,12,13,14). The fourth-order valence-corrected chi connectivity index (χ4v) is 2.35. The molecule has 2 rings (SSSR count). The average Bonchev–Trinajstić information content (AvgIpc) is 2.84. The first-order chi connectivity index (χ1) is 8.70. The molecular weight excluding hydrogens is 236 g/mol. The molecule has 18 heavy (non-hydrogen) atoms. The first-order valence-corrected chi connectivity index (χ1v) is 6.02. The van der Waals surface area contributed by atoms with Crippen LogP contribution in [-0.4, -0.2) is 33.1 Å². The van der Waals surface area contributed by atoms with Gasteiger partial charge in [0.1, 0.15) is 12.4 Å². The van der Waals surface area contributed by atoms with E-state index >= 15 is 0 Å². The second kappa shape index (κ2) is 5.72. The topological polar surface area (TPSA) is 101 Å². The predicted molar refractivity (Wildman–Crippen MR) is 65.1 cm³/mol. The van der Waals surface area contributed by atoms with E-state index in [2.05, 4.69) is 15.3 Å². The van der Waals surface area contributed by atoms with Crippen LogP contribution >= 0.6 is 0 Å². The molecule has 0 saturated heterocycles. The smallest absolute Gasteiger partial charge is 0.305 e. The monoisotopic (exact) mass is 252 g/mol. The van der Waals surface area contributed by atoms with E-state index in [-0.39, 0.29) is 12.3 Å². The lowest BCUT2D eigenvalue weighted by atomic mass is 9.97. The summed E-state index contributed by atoms with van der Waals surface area (Å²) in [5.74, 6) is 1.16. The number of nitro groups is 1. The van der Waals surface area contributed by atoms with Crippen molar-refractivity contribution in [1.29, 1.82) is 0 Å². The summed E-state index contributed by atoms with van der Waals surface area (Å²) in [4.78, 5) is 17.7. The van der Waals surface area contributed by atoms with Gasteiger partial charge in [0.2, 0.25) is 5.95 Å². The van der Waals surface area contributed by atoms with Crippen molar-refractivity contribution in [2.75, 3.05) is 18.5 Å². The highest BCUT2D eigenvalue weighted by Crippen LogP contribution is 2.31. The molecule has 1 fully saturated rings. The summed E-state index contributed by atoms with van der Waals surface area (Å²) >= 11 is 0. The number of rotatable bonds is 5. The summed E-state index contributed by atoms with van der Waals surface area (Å²) < 4.78 is 0. The highest BCUT2D eigenvalue weighted by Gasteiger charge is 2.26. The highest BCUT2D eigenvalue weighted by atomic mass is 16.6. The minimum Gasteiger partial charge on any atom is -0.396 e.